The Morgan fingerprint density at radius 2 is 1.78 bits per heavy atom. The van der Waals surface area contributed by atoms with E-state index < -0.39 is 23.4 Å². The van der Waals surface area contributed by atoms with E-state index in [1.807, 2.05) is 25.1 Å². The van der Waals surface area contributed by atoms with E-state index in [0.29, 0.717) is 35.1 Å². The Balaban J connectivity index is 1.63. The molecule has 2 N–H and O–H groups in total. The molecule has 36 heavy (non-hydrogen) atoms. The van der Waals surface area contributed by atoms with Crippen LogP contribution in [0.3, 0.4) is 0 Å². The number of fused-ring (bicyclic) bond motifs is 1. The number of carboxylic acid groups (broad SMARTS) is 2. The Kier molecular flexibility index (Phi) is 7.68. The zero-order valence-electron chi connectivity index (χ0n) is 20.0. The highest BCUT2D eigenvalue weighted by Gasteiger charge is 2.43. The highest BCUT2D eigenvalue weighted by atomic mass is 79.9. The quantitative estimate of drug-likeness (QED) is 0.306. The van der Waals surface area contributed by atoms with Gasteiger partial charge in [0, 0.05) is 24.0 Å². The fourth-order valence-electron chi connectivity index (χ4n) is 4.71. The van der Waals surface area contributed by atoms with Crippen molar-refractivity contribution in [1.29, 1.82) is 0 Å². The second-order valence-electron chi connectivity index (χ2n) is 9.22. The Morgan fingerprint density at radius 3 is 2.39 bits per heavy atom. The molecule has 0 aliphatic heterocycles. The molecule has 2 aromatic carbocycles. The lowest BCUT2D eigenvalue weighted by atomic mass is 9.85. The molecule has 4 rings (SSSR count). The van der Waals surface area contributed by atoms with Gasteiger partial charge in [0.2, 0.25) is 0 Å². The van der Waals surface area contributed by atoms with E-state index in [4.69, 9.17) is 14.3 Å². The number of rotatable bonds is 9. The number of hydrogen-bond donors (Lipinski definition) is 2. The maximum absolute atomic E-state index is 12.9. The van der Waals surface area contributed by atoms with Crippen LogP contribution in [0.15, 0.2) is 51.4 Å². The molecular formula is C27H28BrNO7. The van der Waals surface area contributed by atoms with Crippen molar-refractivity contribution >= 4 is 44.9 Å². The smallest absolute Gasteiger partial charge is 0.410 e. The Labute approximate surface area is 217 Å². The summed E-state index contributed by atoms with van der Waals surface area (Å²) in [6.07, 6.45) is 2.89. The molecular weight excluding hydrogens is 530 g/mol. The van der Waals surface area contributed by atoms with Crippen LogP contribution < -0.4 is 0 Å². The average Bonchev–Trinajstić information content (AvgIpc) is 3.48. The number of carbonyl (C=O) groups is 3. The van der Waals surface area contributed by atoms with Gasteiger partial charge in [0.05, 0.1) is 22.1 Å². The van der Waals surface area contributed by atoms with Crippen molar-refractivity contribution in [2.75, 3.05) is 13.2 Å². The van der Waals surface area contributed by atoms with E-state index in [0.717, 1.165) is 29.4 Å². The largest absolute Gasteiger partial charge is 0.481 e. The van der Waals surface area contributed by atoms with Gasteiger partial charge in [-0.2, -0.15) is 0 Å². The summed E-state index contributed by atoms with van der Waals surface area (Å²) in [5.74, 6) is -1.31. The van der Waals surface area contributed by atoms with Gasteiger partial charge in [0.1, 0.15) is 11.3 Å². The average molecular weight is 558 g/mol. The minimum atomic E-state index is -1.00. The summed E-state index contributed by atoms with van der Waals surface area (Å²) in [6.45, 7) is 2.47. The molecule has 0 atom stereocenters. The van der Waals surface area contributed by atoms with Gasteiger partial charge in [-0.1, -0.05) is 38.0 Å². The Morgan fingerprint density at radius 1 is 1.08 bits per heavy atom. The predicted molar refractivity (Wildman–Crippen MR) is 137 cm³/mol. The molecule has 0 saturated heterocycles. The van der Waals surface area contributed by atoms with Crippen LogP contribution in [-0.4, -0.2) is 46.3 Å². The summed E-state index contributed by atoms with van der Waals surface area (Å²) >= 11 is 3.61. The molecule has 1 aromatic heterocycles. The lowest BCUT2D eigenvalue weighted by molar-refractivity contribution is -0.149. The Bertz CT molecular complexity index is 1280. The summed E-state index contributed by atoms with van der Waals surface area (Å²) in [6, 6.07) is 12.0. The molecule has 3 aromatic rings. The number of furan rings is 1. The first-order chi connectivity index (χ1) is 17.2. The van der Waals surface area contributed by atoms with E-state index in [1.165, 1.54) is 17.0 Å². The van der Waals surface area contributed by atoms with Crippen molar-refractivity contribution in [3.63, 3.8) is 0 Å². The highest BCUT2D eigenvalue weighted by molar-refractivity contribution is 9.10. The topological polar surface area (TPSA) is 117 Å². The van der Waals surface area contributed by atoms with Crippen molar-refractivity contribution in [3.05, 3.63) is 58.1 Å². The molecule has 1 heterocycles. The second-order valence-corrected chi connectivity index (χ2v) is 10.0. The van der Waals surface area contributed by atoms with Crippen molar-refractivity contribution in [1.82, 2.24) is 4.90 Å². The molecule has 1 saturated carbocycles. The fourth-order valence-corrected chi connectivity index (χ4v) is 5.33. The maximum atomic E-state index is 12.9. The van der Waals surface area contributed by atoms with Gasteiger partial charge >= 0.3 is 18.0 Å². The van der Waals surface area contributed by atoms with Crippen LogP contribution in [0, 0.1) is 5.41 Å². The van der Waals surface area contributed by atoms with Gasteiger partial charge in [-0.05, 0) is 65.0 Å². The SMILES string of the molecule is CCCOC(=O)N(Cc1ccc2oc(-c3ccc(C(=O)O)cc3)c(Br)c2c1)CC1(C(=O)O)CCCC1. The zero-order chi connectivity index (χ0) is 25.9. The molecule has 8 nitrogen and oxygen atoms in total. The van der Waals surface area contributed by atoms with Gasteiger partial charge in [0.25, 0.3) is 0 Å². The number of nitrogens with zero attached hydrogens (tertiary/aromatic N) is 1. The molecule has 9 heteroatoms. The third-order valence-electron chi connectivity index (χ3n) is 6.66. The number of benzene rings is 2. The molecule has 0 unspecified atom stereocenters. The van der Waals surface area contributed by atoms with Crippen LogP contribution in [-0.2, 0) is 16.1 Å². The summed E-state index contributed by atoms with van der Waals surface area (Å²) in [7, 11) is 0. The summed E-state index contributed by atoms with van der Waals surface area (Å²) in [4.78, 5) is 37.7. The maximum Gasteiger partial charge on any atom is 0.410 e. The molecule has 1 aliphatic rings. The third-order valence-corrected chi connectivity index (χ3v) is 7.44. The number of aromatic carboxylic acids is 1. The number of carbonyl (C=O) groups excluding carboxylic acids is 1. The zero-order valence-corrected chi connectivity index (χ0v) is 21.5. The molecule has 0 bridgehead atoms. The summed E-state index contributed by atoms with van der Waals surface area (Å²) in [5, 5.41) is 19.9. The summed E-state index contributed by atoms with van der Waals surface area (Å²) < 4.78 is 12.1. The Hall–Kier alpha value is -3.33. The first-order valence-corrected chi connectivity index (χ1v) is 12.7. The van der Waals surface area contributed by atoms with E-state index in [9.17, 15) is 19.5 Å². The number of amides is 1. The van der Waals surface area contributed by atoms with Gasteiger partial charge in [-0.3, -0.25) is 4.79 Å². The highest BCUT2D eigenvalue weighted by Crippen LogP contribution is 2.41. The van der Waals surface area contributed by atoms with E-state index in [2.05, 4.69) is 15.9 Å². The lowest BCUT2D eigenvalue weighted by Gasteiger charge is -2.31. The lowest BCUT2D eigenvalue weighted by Crippen LogP contribution is -2.44. The standard InChI is InChI=1S/C27H28BrNO7/c1-2-13-35-26(34)29(16-27(25(32)33)11-3-4-12-27)15-17-5-10-21-20(14-17)22(28)23(36-21)18-6-8-19(9-7-18)24(30)31/h5-10,14H,2-4,11-13,15-16H2,1H3,(H,30,31)(H,32,33). The number of hydrogen-bond acceptors (Lipinski definition) is 5. The van der Waals surface area contributed by atoms with E-state index in [-0.39, 0.29) is 25.3 Å². The van der Waals surface area contributed by atoms with Crippen LogP contribution in [0.4, 0.5) is 4.79 Å². The van der Waals surface area contributed by atoms with Gasteiger partial charge in [-0.25, -0.2) is 9.59 Å². The second kappa shape index (κ2) is 10.7. The number of ether oxygens (including phenoxy) is 1. The minimum Gasteiger partial charge on any atom is -0.481 e. The van der Waals surface area contributed by atoms with E-state index in [1.54, 1.807) is 12.1 Å². The third kappa shape index (κ3) is 5.26. The van der Waals surface area contributed by atoms with Crippen molar-refractivity contribution in [3.8, 4) is 11.3 Å². The first-order valence-electron chi connectivity index (χ1n) is 11.9. The normalized spacial score (nSPS) is 14.6. The van der Waals surface area contributed by atoms with Gasteiger partial charge in [-0.15, -0.1) is 0 Å². The predicted octanol–water partition coefficient (Wildman–Crippen LogP) is 6.55. The molecule has 1 amide bonds. The van der Waals surface area contributed by atoms with Crippen molar-refractivity contribution in [2.24, 2.45) is 5.41 Å². The first kappa shape index (κ1) is 25.8. The summed E-state index contributed by atoms with van der Waals surface area (Å²) in [5.41, 5.74) is 1.38. The van der Waals surface area contributed by atoms with Gasteiger partial charge < -0.3 is 24.3 Å². The van der Waals surface area contributed by atoms with Gasteiger partial charge in [0.15, 0.2) is 0 Å². The fraction of sp³-hybridized carbons (Fsp3) is 0.370. The van der Waals surface area contributed by atoms with Crippen LogP contribution >= 0.6 is 15.9 Å². The van der Waals surface area contributed by atoms with Crippen LogP contribution in [0.25, 0.3) is 22.3 Å². The van der Waals surface area contributed by atoms with Crippen LogP contribution in [0.5, 0.6) is 0 Å². The van der Waals surface area contributed by atoms with Crippen LogP contribution in [0.2, 0.25) is 0 Å². The monoisotopic (exact) mass is 557 g/mol. The number of aliphatic carboxylic acids is 1. The molecule has 190 valence electrons. The molecule has 0 radical (unpaired) electrons. The molecule has 1 fully saturated rings. The minimum absolute atomic E-state index is 0.0939. The molecule has 1 aliphatic carbocycles. The van der Waals surface area contributed by atoms with E-state index >= 15 is 0 Å². The molecule has 0 spiro atoms. The van der Waals surface area contributed by atoms with Crippen molar-refractivity contribution < 1.29 is 33.8 Å². The van der Waals surface area contributed by atoms with Crippen molar-refractivity contribution in [2.45, 2.75) is 45.6 Å². The van der Waals surface area contributed by atoms with Crippen LogP contribution in [0.1, 0.15) is 54.9 Å². The number of carboxylic acids is 2. The number of halogens is 1.